The van der Waals surface area contributed by atoms with Crippen molar-refractivity contribution in [2.24, 2.45) is 0 Å². The fourth-order valence-corrected chi connectivity index (χ4v) is 3.96. The molecule has 1 saturated carbocycles. The van der Waals surface area contributed by atoms with E-state index in [2.05, 4.69) is 41.6 Å². The predicted molar refractivity (Wildman–Crippen MR) is 78.4 cm³/mol. The van der Waals surface area contributed by atoms with Gasteiger partial charge in [-0.05, 0) is 36.2 Å². The molecule has 2 unspecified atom stereocenters. The van der Waals surface area contributed by atoms with E-state index in [0.29, 0.717) is 17.3 Å². The lowest BCUT2D eigenvalue weighted by Gasteiger charge is -2.23. The minimum Gasteiger partial charge on any atom is -0.313 e. The molecule has 6 heteroatoms. The normalized spacial score (nSPS) is 19.7. The summed E-state index contributed by atoms with van der Waals surface area (Å²) in [4.78, 5) is 0. The first-order valence-electron chi connectivity index (χ1n) is 7.44. The number of aromatic nitrogens is 4. The summed E-state index contributed by atoms with van der Waals surface area (Å²) in [6.07, 6.45) is 6.18. The molecule has 1 aromatic rings. The molecule has 0 aromatic carbocycles. The summed E-state index contributed by atoms with van der Waals surface area (Å²) in [7, 11) is 0. The summed E-state index contributed by atoms with van der Waals surface area (Å²) >= 11 is 1.80. The second-order valence-electron chi connectivity index (χ2n) is 5.24. The smallest absolute Gasteiger partial charge is 0.209 e. The monoisotopic (exact) mass is 283 g/mol. The van der Waals surface area contributed by atoms with E-state index in [1.165, 1.54) is 25.7 Å². The van der Waals surface area contributed by atoms with Gasteiger partial charge in [-0.15, -0.1) is 5.10 Å². The van der Waals surface area contributed by atoms with Crippen LogP contribution in [0.5, 0.6) is 0 Å². The lowest BCUT2D eigenvalue weighted by molar-refractivity contribution is 0.421. The minimum absolute atomic E-state index is 0.483. The number of thioether (sulfide) groups is 1. The molecular weight excluding hydrogens is 258 g/mol. The fraction of sp³-hybridized carbons (Fsp3) is 0.923. The summed E-state index contributed by atoms with van der Waals surface area (Å²) in [5.74, 6) is 0. The van der Waals surface area contributed by atoms with Crippen LogP contribution in [0.15, 0.2) is 5.16 Å². The number of hydrogen-bond donors (Lipinski definition) is 1. The van der Waals surface area contributed by atoms with E-state index in [1.54, 1.807) is 11.8 Å². The van der Waals surface area contributed by atoms with Crippen molar-refractivity contribution in [3.63, 3.8) is 0 Å². The Morgan fingerprint density at radius 1 is 1.37 bits per heavy atom. The van der Waals surface area contributed by atoms with Crippen LogP contribution in [0.1, 0.15) is 58.9 Å². The van der Waals surface area contributed by atoms with Crippen LogP contribution in [0.25, 0.3) is 0 Å². The van der Waals surface area contributed by atoms with Gasteiger partial charge in [-0.2, -0.15) is 0 Å². The molecule has 0 aliphatic heterocycles. The number of hydrogen-bond acceptors (Lipinski definition) is 5. The van der Waals surface area contributed by atoms with Crippen LogP contribution in [0.3, 0.4) is 0 Å². The van der Waals surface area contributed by atoms with Crippen molar-refractivity contribution in [3.05, 3.63) is 0 Å². The second kappa shape index (κ2) is 7.24. The topological polar surface area (TPSA) is 55.6 Å². The second-order valence-corrected chi connectivity index (χ2v) is 6.58. The summed E-state index contributed by atoms with van der Waals surface area (Å²) in [6.45, 7) is 7.65. The van der Waals surface area contributed by atoms with Gasteiger partial charge in [0.15, 0.2) is 0 Å². The molecule has 0 spiro atoms. The van der Waals surface area contributed by atoms with Crippen molar-refractivity contribution in [1.82, 2.24) is 25.5 Å². The Morgan fingerprint density at radius 3 is 2.74 bits per heavy atom. The molecule has 1 aromatic heterocycles. The third-order valence-corrected chi connectivity index (χ3v) is 5.08. The van der Waals surface area contributed by atoms with Gasteiger partial charge in [-0.1, -0.05) is 45.4 Å². The summed E-state index contributed by atoms with van der Waals surface area (Å²) in [5.41, 5.74) is 0. The summed E-state index contributed by atoms with van der Waals surface area (Å²) in [6, 6.07) is 1.03. The highest BCUT2D eigenvalue weighted by atomic mass is 32.2. The van der Waals surface area contributed by atoms with Crippen molar-refractivity contribution in [3.8, 4) is 0 Å². The van der Waals surface area contributed by atoms with Gasteiger partial charge in [0.05, 0.1) is 6.04 Å². The van der Waals surface area contributed by atoms with Crippen LogP contribution in [-0.4, -0.2) is 38.0 Å². The van der Waals surface area contributed by atoms with E-state index >= 15 is 0 Å². The molecule has 0 amide bonds. The highest BCUT2D eigenvalue weighted by Crippen LogP contribution is 2.33. The Balaban J connectivity index is 2.00. The van der Waals surface area contributed by atoms with Crippen LogP contribution in [-0.2, 0) is 0 Å². The molecule has 19 heavy (non-hydrogen) atoms. The van der Waals surface area contributed by atoms with E-state index in [4.69, 9.17) is 0 Å². The number of rotatable bonds is 7. The molecule has 1 heterocycles. The minimum atomic E-state index is 0.483. The quantitative estimate of drug-likeness (QED) is 0.780. The molecule has 1 aliphatic carbocycles. The third kappa shape index (κ3) is 3.69. The average Bonchev–Trinajstić information content (AvgIpc) is 3.05. The average molecular weight is 283 g/mol. The molecule has 108 valence electrons. The van der Waals surface area contributed by atoms with Crippen molar-refractivity contribution in [1.29, 1.82) is 0 Å². The van der Waals surface area contributed by atoms with Gasteiger partial charge in [0, 0.05) is 11.3 Å². The Hall–Kier alpha value is -0.620. The van der Waals surface area contributed by atoms with Gasteiger partial charge < -0.3 is 5.32 Å². The maximum atomic E-state index is 4.21. The van der Waals surface area contributed by atoms with Gasteiger partial charge in [0.2, 0.25) is 5.16 Å². The zero-order valence-corrected chi connectivity index (χ0v) is 13.0. The number of nitrogens with one attached hydrogen (secondary N) is 1. The fourth-order valence-electron chi connectivity index (χ4n) is 2.79. The van der Waals surface area contributed by atoms with Crippen molar-refractivity contribution >= 4 is 11.8 Å². The van der Waals surface area contributed by atoms with Crippen LogP contribution in [0.4, 0.5) is 0 Å². The molecule has 2 atom stereocenters. The van der Waals surface area contributed by atoms with Gasteiger partial charge in [-0.3, -0.25) is 0 Å². The van der Waals surface area contributed by atoms with Crippen molar-refractivity contribution in [2.75, 3.05) is 6.54 Å². The highest BCUT2D eigenvalue weighted by molar-refractivity contribution is 7.99. The van der Waals surface area contributed by atoms with E-state index in [9.17, 15) is 0 Å². The van der Waals surface area contributed by atoms with Gasteiger partial charge in [0.25, 0.3) is 0 Å². The Labute approximate surface area is 119 Å². The summed E-state index contributed by atoms with van der Waals surface area (Å²) < 4.78 is 2.05. The van der Waals surface area contributed by atoms with Crippen LogP contribution >= 0.6 is 11.8 Å². The largest absolute Gasteiger partial charge is 0.313 e. The number of nitrogens with zero attached hydrogens (tertiary/aromatic N) is 4. The van der Waals surface area contributed by atoms with E-state index in [1.807, 2.05) is 4.68 Å². The van der Waals surface area contributed by atoms with Gasteiger partial charge in [-0.25, -0.2) is 4.68 Å². The number of tetrazole rings is 1. The van der Waals surface area contributed by atoms with E-state index in [0.717, 1.165) is 18.1 Å². The molecule has 1 aliphatic rings. The first-order chi connectivity index (χ1) is 9.26. The SMILES string of the molecule is CCNC(CC)C(C)Sc1nnnn1C1CCCC1. The zero-order chi connectivity index (χ0) is 13.7. The maximum Gasteiger partial charge on any atom is 0.209 e. The molecule has 1 N–H and O–H groups in total. The van der Waals surface area contributed by atoms with Crippen molar-refractivity contribution in [2.45, 2.75) is 75.4 Å². The Morgan fingerprint density at radius 2 is 2.11 bits per heavy atom. The lowest BCUT2D eigenvalue weighted by atomic mass is 10.2. The van der Waals surface area contributed by atoms with Crippen LogP contribution in [0.2, 0.25) is 0 Å². The summed E-state index contributed by atoms with van der Waals surface area (Å²) in [5, 5.41) is 17.3. The van der Waals surface area contributed by atoms with E-state index < -0.39 is 0 Å². The first-order valence-corrected chi connectivity index (χ1v) is 8.32. The van der Waals surface area contributed by atoms with Crippen molar-refractivity contribution < 1.29 is 0 Å². The highest BCUT2D eigenvalue weighted by Gasteiger charge is 2.24. The molecule has 1 fully saturated rings. The predicted octanol–water partition coefficient (Wildman–Crippen LogP) is 2.66. The molecule has 0 bridgehead atoms. The third-order valence-electron chi connectivity index (χ3n) is 3.90. The molecule has 2 rings (SSSR count). The van der Waals surface area contributed by atoms with Gasteiger partial charge in [0.1, 0.15) is 0 Å². The molecule has 5 nitrogen and oxygen atoms in total. The van der Waals surface area contributed by atoms with Gasteiger partial charge >= 0.3 is 0 Å². The van der Waals surface area contributed by atoms with E-state index in [-0.39, 0.29) is 0 Å². The standard InChI is InChI=1S/C13H25N5S/c1-4-12(14-5-2)10(3)19-13-15-16-17-18(13)11-8-6-7-9-11/h10-12,14H,4-9H2,1-3H3. The van der Waals surface area contributed by atoms with Crippen LogP contribution in [0, 0.1) is 0 Å². The molecule has 0 saturated heterocycles. The molecule has 0 radical (unpaired) electrons. The zero-order valence-electron chi connectivity index (χ0n) is 12.2. The maximum absolute atomic E-state index is 4.21. The molecular formula is C13H25N5S. The Kier molecular flexibility index (Phi) is 5.63. The first kappa shape index (κ1) is 14.8. The Bertz CT molecular complexity index is 375. The lowest BCUT2D eigenvalue weighted by Crippen LogP contribution is -2.36. The van der Waals surface area contributed by atoms with Crippen LogP contribution < -0.4 is 5.32 Å².